The van der Waals surface area contributed by atoms with Gasteiger partial charge in [-0.1, -0.05) is 12.1 Å². The Morgan fingerprint density at radius 2 is 2.13 bits per heavy atom. The van der Waals surface area contributed by atoms with Crippen LogP contribution in [0.15, 0.2) is 24.3 Å². The quantitative estimate of drug-likeness (QED) is 0.789. The van der Waals surface area contributed by atoms with Gasteiger partial charge in [-0.3, -0.25) is 9.69 Å². The van der Waals surface area contributed by atoms with E-state index in [-0.39, 0.29) is 17.4 Å². The van der Waals surface area contributed by atoms with E-state index in [0.717, 1.165) is 68.7 Å². The van der Waals surface area contributed by atoms with Crippen molar-refractivity contribution >= 4 is 16.9 Å². The van der Waals surface area contributed by atoms with Gasteiger partial charge in [-0.25, -0.2) is 4.98 Å². The van der Waals surface area contributed by atoms with Crippen molar-refractivity contribution in [2.24, 2.45) is 17.8 Å². The van der Waals surface area contributed by atoms with Gasteiger partial charge in [0.2, 0.25) is 5.91 Å². The highest BCUT2D eigenvalue weighted by molar-refractivity contribution is 5.78. The van der Waals surface area contributed by atoms with Crippen molar-refractivity contribution < 1.29 is 14.3 Å². The standard InChI is InChI=1S/C23H30N4O3/c28-22(15-6-9-29-10-7-15)24-11-16-17-12-27(14-23(17)8-5-20(16)30-23)13-21-25-18-3-1-2-4-19(18)26-21/h1-4,15-17,20H,5-14H2,(H,24,28)(H,25,26)/t16-,17+,20+,23+/m0/s1. The number of aromatic nitrogens is 2. The van der Waals surface area contributed by atoms with Crippen LogP contribution in [0.1, 0.15) is 31.5 Å². The van der Waals surface area contributed by atoms with Crippen LogP contribution >= 0.6 is 0 Å². The van der Waals surface area contributed by atoms with Gasteiger partial charge in [-0.2, -0.15) is 0 Å². The van der Waals surface area contributed by atoms with Crippen LogP contribution in [0.2, 0.25) is 0 Å². The summed E-state index contributed by atoms with van der Waals surface area (Å²) in [6.45, 7) is 4.96. The fourth-order valence-electron chi connectivity index (χ4n) is 6.30. The van der Waals surface area contributed by atoms with Gasteiger partial charge in [-0.15, -0.1) is 0 Å². The predicted octanol–water partition coefficient (Wildman–Crippen LogP) is 2.09. The van der Waals surface area contributed by atoms with Gasteiger partial charge in [0.25, 0.3) is 0 Å². The Balaban J connectivity index is 1.11. The normalized spacial score (nSPS) is 33.9. The topological polar surface area (TPSA) is 79.5 Å². The number of hydrogen-bond donors (Lipinski definition) is 2. The van der Waals surface area contributed by atoms with Gasteiger partial charge in [0.05, 0.1) is 29.3 Å². The molecule has 4 aliphatic rings. The van der Waals surface area contributed by atoms with Crippen molar-refractivity contribution in [1.82, 2.24) is 20.2 Å². The monoisotopic (exact) mass is 410 g/mol. The molecule has 1 amide bonds. The molecule has 30 heavy (non-hydrogen) atoms. The van der Waals surface area contributed by atoms with E-state index in [0.29, 0.717) is 31.2 Å². The zero-order valence-corrected chi connectivity index (χ0v) is 17.3. The summed E-state index contributed by atoms with van der Waals surface area (Å²) in [6, 6.07) is 8.19. The summed E-state index contributed by atoms with van der Waals surface area (Å²) in [5.41, 5.74) is 2.09. The number of para-hydroxylation sites is 2. The average Bonchev–Trinajstić information content (AvgIpc) is 3.51. The van der Waals surface area contributed by atoms with Crippen LogP contribution in [-0.4, -0.2) is 65.3 Å². The summed E-state index contributed by atoms with van der Waals surface area (Å²) < 4.78 is 11.9. The maximum atomic E-state index is 12.6. The molecular formula is C23H30N4O3. The number of fused-ring (bicyclic) bond motifs is 2. The molecule has 1 aromatic heterocycles. The van der Waals surface area contributed by atoms with Gasteiger partial charge in [-0.05, 0) is 37.8 Å². The highest BCUT2D eigenvalue weighted by atomic mass is 16.5. The number of benzene rings is 1. The lowest BCUT2D eigenvalue weighted by molar-refractivity contribution is -0.128. The number of rotatable bonds is 5. The molecule has 7 nitrogen and oxygen atoms in total. The first kappa shape index (κ1) is 18.8. The fourth-order valence-corrected chi connectivity index (χ4v) is 6.30. The molecule has 160 valence electrons. The third-order valence-electron chi connectivity index (χ3n) is 7.77. The van der Waals surface area contributed by atoms with Gasteiger partial charge in [0, 0.05) is 50.6 Å². The third kappa shape index (κ3) is 3.15. The molecule has 1 spiro atoms. The summed E-state index contributed by atoms with van der Waals surface area (Å²) in [5, 5.41) is 3.26. The number of hydrogen-bond acceptors (Lipinski definition) is 5. The number of nitrogens with one attached hydrogen (secondary N) is 2. The van der Waals surface area contributed by atoms with Gasteiger partial charge in [0.15, 0.2) is 0 Å². The van der Waals surface area contributed by atoms with Crippen LogP contribution < -0.4 is 5.32 Å². The molecule has 4 atom stereocenters. The number of nitrogens with zero attached hydrogens (tertiary/aromatic N) is 2. The average molecular weight is 411 g/mol. The van der Waals surface area contributed by atoms with Gasteiger partial charge < -0.3 is 19.8 Å². The van der Waals surface area contributed by atoms with E-state index in [1.807, 2.05) is 12.1 Å². The van der Waals surface area contributed by atoms with E-state index in [1.165, 1.54) is 0 Å². The summed E-state index contributed by atoms with van der Waals surface area (Å²) in [4.78, 5) is 23.3. The van der Waals surface area contributed by atoms with Crippen molar-refractivity contribution in [3.05, 3.63) is 30.1 Å². The molecule has 0 saturated carbocycles. The molecule has 0 radical (unpaired) electrons. The molecule has 2 N–H and O–H groups in total. The number of amides is 1. The first-order valence-corrected chi connectivity index (χ1v) is 11.4. The van der Waals surface area contributed by atoms with Crippen molar-refractivity contribution in [2.45, 2.75) is 43.9 Å². The summed E-state index contributed by atoms with van der Waals surface area (Å²) in [7, 11) is 0. The number of aromatic amines is 1. The number of imidazole rings is 1. The molecule has 7 heteroatoms. The highest BCUT2D eigenvalue weighted by Crippen LogP contribution is 2.54. The zero-order chi connectivity index (χ0) is 20.1. The minimum atomic E-state index is -0.0231. The molecule has 0 aliphatic carbocycles. The van der Waals surface area contributed by atoms with Crippen LogP contribution in [-0.2, 0) is 20.8 Å². The van der Waals surface area contributed by atoms with Gasteiger partial charge >= 0.3 is 0 Å². The summed E-state index contributed by atoms with van der Waals surface area (Å²) in [6.07, 6.45) is 4.25. The number of carbonyl (C=O) groups is 1. The minimum absolute atomic E-state index is 0.0231. The lowest BCUT2D eigenvalue weighted by Gasteiger charge is -2.30. The first-order valence-electron chi connectivity index (χ1n) is 11.4. The minimum Gasteiger partial charge on any atom is -0.381 e. The van der Waals surface area contributed by atoms with E-state index in [9.17, 15) is 4.79 Å². The van der Waals surface area contributed by atoms with Crippen LogP contribution in [0.4, 0.5) is 0 Å². The molecule has 5 heterocycles. The van der Waals surface area contributed by atoms with E-state index < -0.39 is 0 Å². The second kappa shape index (κ2) is 7.32. The number of likely N-dealkylation sites (tertiary alicyclic amines) is 1. The Hall–Kier alpha value is -1.96. The van der Waals surface area contributed by atoms with E-state index in [1.54, 1.807) is 0 Å². The lowest BCUT2D eigenvalue weighted by atomic mass is 9.73. The van der Waals surface area contributed by atoms with E-state index in [2.05, 4.69) is 27.3 Å². The molecule has 1 aromatic carbocycles. The number of ether oxygens (including phenoxy) is 2. The molecule has 0 unspecified atom stereocenters. The second-order valence-corrected chi connectivity index (χ2v) is 9.53. The Kier molecular flexibility index (Phi) is 4.58. The maximum Gasteiger partial charge on any atom is 0.223 e. The molecular weight excluding hydrogens is 380 g/mol. The van der Waals surface area contributed by atoms with Crippen LogP contribution in [0.25, 0.3) is 11.0 Å². The second-order valence-electron chi connectivity index (χ2n) is 9.53. The molecule has 4 saturated heterocycles. The Bertz CT molecular complexity index is 906. The maximum absolute atomic E-state index is 12.6. The zero-order valence-electron chi connectivity index (χ0n) is 17.3. The third-order valence-corrected chi connectivity index (χ3v) is 7.77. The summed E-state index contributed by atoms with van der Waals surface area (Å²) >= 11 is 0. The van der Waals surface area contributed by atoms with Crippen molar-refractivity contribution in [2.75, 3.05) is 32.8 Å². The molecule has 2 aromatic rings. The largest absolute Gasteiger partial charge is 0.381 e. The molecule has 4 aliphatic heterocycles. The first-order chi connectivity index (χ1) is 14.7. The SMILES string of the molecule is O=C(NC[C@H]1[C@H]2CN(Cc3nc4ccccc4[nH]3)C[C@]23CC[C@H]1O3)C1CCOCC1. The Morgan fingerprint density at radius 1 is 1.27 bits per heavy atom. The van der Waals surface area contributed by atoms with Gasteiger partial charge in [0.1, 0.15) is 5.82 Å². The Labute approximate surface area is 176 Å². The lowest BCUT2D eigenvalue weighted by Crippen LogP contribution is -2.43. The number of carbonyl (C=O) groups excluding carboxylic acids is 1. The smallest absolute Gasteiger partial charge is 0.223 e. The van der Waals surface area contributed by atoms with Crippen molar-refractivity contribution in [3.63, 3.8) is 0 Å². The Morgan fingerprint density at radius 3 is 3.00 bits per heavy atom. The fraction of sp³-hybridized carbons (Fsp3) is 0.652. The highest BCUT2D eigenvalue weighted by Gasteiger charge is 2.62. The van der Waals surface area contributed by atoms with Crippen molar-refractivity contribution in [3.8, 4) is 0 Å². The van der Waals surface area contributed by atoms with Crippen molar-refractivity contribution in [1.29, 1.82) is 0 Å². The van der Waals surface area contributed by atoms with Crippen LogP contribution in [0.5, 0.6) is 0 Å². The van der Waals surface area contributed by atoms with E-state index in [4.69, 9.17) is 14.5 Å². The van der Waals surface area contributed by atoms with Crippen LogP contribution in [0.3, 0.4) is 0 Å². The molecule has 4 fully saturated rings. The molecule has 2 bridgehead atoms. The van der Waals surface area contributed by atoms with Crippen LogP contribution in [0, 0.1) is 17.8 Å². The summed E-state index contributed by atoms with van der Waals surface area (Å²) in [5.74, 6) is 2.25. The molecule has 6 rings (SSSR count). The predicted molar refractivity (Wildman–Crippen MR) is 112 cm³/mol. The van der Waals surface area contributed by atoms with E-state index >= 15 is 0 Å². The number of H-pyrrole nitrogens is 1.